The van der Waals surface area contributed by atoms with Crippen molar-refractivity contribution in [3.8, 4) is 0 Å². The van der Waals surface area contributed by atoms with E-state index >= 15 is 0 Å². The molecule has 0 aliphatic carbocycles. The summed E-state index contributed by atoms with van der Waals surface area (Å²) in [6.07, 6.45) is 0. The molecule has 0 saturated heterocycles. The number of hydrogen-bond donors (Lipinski definition) is 1. The molecule has 0 aliphatic heterocycles. The molecule has 0 aromatic heterocycles. The molecule has 1 aromatic carbocycles. The Morgan fingerprint density at radius 1 is 0.522 bits per heavy atom. The molecule has 132 valence electrons. The topological polar surface area (TPSA) is 26.0 Å². The number of anilines is 1. The van der Waals surface area contributed by atoms with Gasteiger partial charge >= 0.3 is 0 Å². The van der Waals surface area contributed by atoms with Crippen molar-refractivity contribution in [2.24, 2.45) is 0 Å². The number of rotatable bonds is 0. The van der Waals surface area contributed by atoms with E-state index in [9.17, 15) is 0 Å². The molecule has 0 heterocycles. The fraction of sp³-hybridized carbons (Fsp3) is 0.727. The van der Waals surface area contributed by atoms with Crippen LogP contribution in [0.2, 0.25) is 0 Å². The van der Waals surface area contributed by atoms with Crippen molar-refractivity contribution in [2.75, 3.05) is 5.73 Å². The molecule has 0 saturated carbocycles. The first-order valence-corrected chi connectivity index (χ1v) is 8.87. The van der Waals surface area contributed by atoms with Gasteiger partial charge in [0.2, 0.25) is 0 Å². The van der Waals surface area contributed by atoms with Crippen molar-refractivity contribution in [3.63, 3.8) is 0 Å². The Balaban J connectivity index is 4.18. The molecule has 0 amide bonds. The Morgan fingerprint density at radius 2 is 0.870 bits per heavy atom. The van der Waals surface area contributed by atoms with Crippen LogP contribution in [0.4, 0.5) is 5.69 Å². The van der Waals surface area contributed by atoms with Crippen LogP contribution in [-0.4, -0.2) is 0 Å². The Bertz CT molecular complexity index is 579. The maximum Gasteiger partial charge on any atom is 0.0358 e. The second-order valence-electron chi connectivity index (χ2n) is 11.1. The zero-order valence-electron chi connectivity index (χ0n) is 17.7. The quantitative estimate of drug-likeness (QED) is 0.546. The van der Waals surface area contributed by atoms with Gasteiger partial charge in [-0.25, -0.2) is 0 Å². The molecule has 0 fully saturated rings. The van der Waals surface area contributed by atoms with Gasteiger partial charge in [-0.15, -0.1) is 0 Å². The van der Waals surface area contributed by atoms with Crippen LogP contribution in [0.1, 0.15) is 105 Å². The van der Waals surface area contributed by atoms with Crippen LogP contribution < -0.4 is 5.73 Å². The Kier molecular flexibility index (Phi) is 4.83. The van der Waals surface area contributed by atoms with Gasteiger partial charge in [0.1, 0.15) is 0 Å². The lowest BCUT2D eigenvalue weighted by Crippen LogP contribution is -2.33. The van der Waals surface area contributed by atoms with E-state index in [0.29, 0.717) is 0 Å². The Labute approximate surface area is 145 Å². The number of nitrogen functional groups attached to an aromatic ring is 1. The van der Waals surface area contributed by atoms with Crippen molar-refractivity contribution >= 4 is 5.69 Å². The second kappa shape index (κ2) is 5.53. The maximum absolute atomic E-state index is 6.61. The van der Waals surface area contributed by atoms with Gasteiger partial charge in [0.05, 0.1) is 0 Å². The average Bonchev–Trinajstić information content (AvgIpc) is 2.21. The lowest BCUT2D eigenvalue weighted by atomic mass is 9.64. The molecular weight excluding hydrogens is 278 g/mol. The summed E-state index contributed by atoms with van der Waals surface area (Å²) >= 11 is 0. The first kappa shape index (κ1) is 20.1. The highest BCUT2D eigenvalue weighted by molar-refractivity contribution is 5.64. The van der Waals surface area contributed by atoms with E-state index in [-0.39, 0.29) is 21.7 Å². The van der Waals surface area contributed by atoms with Gasteiger partial charge in [-0.3, -0.25) is 0 Å². The summed E-state index contributed by atoms with van der Waals surface area (Å²) in [4.78, 5) is 0. The van der Waals surface area contributed by atoms with Crippen molar-refractivity contribution < 1.29 is 0 Å². The second-order valence-corrected chi connectivity index (χ2v) is 11.1. The molecule has 23 heavy (non-hydrogen) atoms. The molecular formula is C22H39N. The van der Waals surface area contributed by atoms with Crippen LogP contribution in [0.5, 0.6) is 0 Å². The third-order valence-corrected chi connectivity index (χ3v) is 4.42. The van der Waals surface area contributed by atoms with Gasteiger partial charge in [-0.1, -0.05) is 83.1 Å². The van der Waals surface area contributed by atoms with Crippen molar-refractivity contribution in [1.82, 2.24) is 0 Å². The summed E-state index contributed by atoms with van der Waals surface area (Å²) in [6, 6.07) is 2.25. The standard InChI is InChI=1S/C22H39N/c1-19(2,3)14-13-15(23)17(21(7,8)9)18(22(10,11)12)16(14)20(4,5)6/h13H,23H2,1-12H3. The van der Waals surface area contributed by atoms with Crippen molar-refractivity contribution in [1.29, 1.82) is 0 Å². The first-order valence-electron chi connectivity index (χ1n) is 8.87. The lowest BCUT2D eigenvalue weighted by Gasteiger charge is -2.41. The molecule has 0 spiro atoms. The van der Waals surface area contributed by atoms with Gasteiger partial charge in [-0.2, -0.15) is 0 Å². The molecule has 2 N–H and O–H groups in total. The number of benzene rings is 1. The van der Waals surface area contributed by atoms with Crippen LogP contribution in [0.15, 0.2) is 6.07 Å². The van der Waals surface area contributed by atoms with Gasteiger partial charge in [-0.05, 0) is 50.0 Å². The van der Waals surface area contributed by atoms with Crippen molar-refractivity contribution in [3.05, 3.63) is 28.3 Å². The van der Waals surface area contributed by atoms with Crippen LogP contribution in [0.3, 0.4) is 0 Å². The summed E-state index contributed by atoms with van der Waals surface area (Å²) in [5.74, 6) is 0. The molecule has 1 heteroatoms. The predicted molar refractivity (Wildman–Crippen MR) is 106 cm³/mol. The minimum atomic E-state index is 0.0309. The molecule has 0 unspecified atom stereocenters. The van der Waals surface area contributed by atoms with Gasteiger partial charge < -0.3 is 5.73 Å². The zero-order valence-corrected chi connectivity index (χ0v) is 17.7. The fourth-order valence-electron chi connectivity index (χ4n) is 3.63. The van der Waals surface area contributed by atoms with Crippen LogP contribution in [-0.2, 0) is 21.7 Å². The minimum Gasteiger partial charge on any atom is -0.398 e. The van der Waals surface area contributed by atoms with Crippen molar-refractivity contribution in [2.45, 2.75) is 105 Å². The highest BCUT2D eigenvalue weighted by atomic mass is 14.6. The lowest BCUT2D eigenvalue weighted by molar-refractivity contribution is 0.478. The van der Waals surface area contributed by atoms with E-state index in [1.807, 2.05) is 0 Å². The molecule has 0 bridgehead atoms. The minimum absolute atomic E-state index is 0.0309. The number of hydrogen-bond acceptors (Lipinski definition) is 1. The largest absolute Gasteiger partial charge is 0.398 e. The molecule has 0 radical (unpaired) electrons. The predicted octanol–water partition coefficient (Wildman–Crippen LogP) is 6.46. The Morgan fingerprint density at radius 3 is 1.13 bits per heavy atom. The van der Waals surface area contributed by atoms with E-state index in [1.165, 1.54) is 22.3 Å². The molecule has 1 aromatic rings. The maximum atomic E-state index is 6.61. The van der Waals surface area contributed by atoms with E-state index in [4.69, 9.17) is 5.73 Å². The summed E-state index contributed by atoms with van der Waals surface area (Å²) in [5.41, 5.74) is 13.4. The summed E-state index contributed by atoms with van der Waals surface area (Å²) in [6.45, 7) is 27.6. The summed E-state index contributed by atoms with van der Waals surface area (Å²) in [5, 5.41) is 0. The van der Waals surface area contributed by atoms with E-state index in [0.717, 1.165) is 5.69 Å². The number of nitrogens with two attached hydrogens (primary N) is 1. The van der Waals surface area contributed by atoms with Crippen LogP contribution >= 0.6 is 0 Å². The molecule has 1 nitrogen and oxygen atoms in total. The first-order chi connectivity index (χ1) is 9.88. The zero-order chi connectivity index (χ0) is 18.6. The van der Waals surface area contributed by atoms with Gasteiger partial charge in [0, 0.05) is 5.69 Å². The Hall–Kier alpha value is -0.980. The normalized spacial score (nSPS) is 14.3. The summed E-state index contributed by atoms with van der Waals surface area (Å²) < 4.78 is 0. The molecule has 0 aliphatic rings. The molecule has 1 rings (SSSR count). The smallest absolute Gasteiger partial charge is 0.0358 e. The van der Waals surface area contributed by atoms with Gasteiger partial charge in [0.15, 0.2) is 0 Å². The average molecular weight is 318 g/mol. The fourth-order valence-corrected chi connectivity index (χ4v) is 3.63. The third-order valence-electron chi connectivity index (χ3n) is 4.42. The SMILES string of the molecule is CC(C)(C)c1cc(N)c(C(C)(C)C)c(C(C)(C)C)c1C(C)(C)C. The monoisotopic (exact) mass is 317 g/mol. The van der Waals surface area contributed by atoms with E-state index < -0.39 is 0 Å². The van der Waals surface area contributed by atoms with Gasteiger partial charge in [0.25, 0.3) is 0 Å². The third kappa shape index (κ3) is 4.11. The highest BCUT2D eigenvalue weighted by Crippen LogP contribution is 2.47. The van der Waals surface area contributed by atoms with E-state index in [2.05, 4.69) is 89.2 Å². The molecule has 0 atom stereocenters. The summed E-state index contributed by atoms with van der Waals surface area (Å²) in [7, 11) is 0. The van der Waals surface area contributed by atoms with Crippen LogP contribution in [0, 0.1) is 0 Å². The highest BCUT2D eigenvalue weighted by Gasteiger charge is 2.37. The van der Waals surface area contributed by atoms with E-state index in [1.54, 1.807) is 0 Å². The van der Waals surface area contributed by atoms with Crippen LogP contribution in [0.25, 0.3) is 0 Å².